The summed E-state index contributed by atoms with van der Waals surface area (Å²) >= 11 is 0. The number of pyridine rings is 2. The monoisotopic (exact) mass is 402 g/mol. The molecule has 0 bridgehead atoms. The number of carbonyl (C=O) groups excluding carboxylic acids is 1. The molecule has 1 amide bonds. The number of rotatable bonds is 5. The molecular weight excluding hydrogens is 385 g/mol. The van der Waals surface area contributed by atoms with Gasteiger partial charge in [0.15, 0.2) is 0 Å². The van der Waals surface area contributed by atoms with E-state index in [9.17, 15) is 22.8 Å². The molecular formula is C20H17F3N4O2. The van der Waals surface area contributed by atoms with Crippen molar-refractivity contribution in [2.75, 3.05) is 10.6 Å². The summed E-state index contributed by atoms with van der Waals surface area (Å²) in [4.78, 5) is 28.2. The van der Waals surface area contributed by atoms with E-state index in [1.807, 2.05) is 0 Å². The number of anilines is 2. The molecule has 2 aromatic heterocycles. The number of hydrogen-bond acceptors (Lipinski definition) is 4. The molecule has 150 valence electrons. The van der Waals surface area contributed by atoms with Gasteiger partial charge in [-0.25, -0.2) is 4.98 Å². The highest BCUT2D eigenvalue weighted by atomic mass is 19.4. The van der Waals surface area contributed by atoms with E-state index in [4.69, 9.17) is 0 Å². The highest BCUT2D eigenvalue weighted by Crippen LogP contribution is 2.30. The Labute approximate surface area is 164 Å². The van der Waals surface area contributed by atoms with Crippen LogP contribution in [0.2, 0.25) is 0 Å². The predicted molar refractivity (Wildman–Crippen MR) is 103 cm³/mol. The van der Waals surface area contributed by atoms with Crippen LogP contribution in [0.4, 0.5) is 24.7 Å². The van der Waals surface area contributed by atoms with E-state index in [1.54, 1.807) is 25.4 Å². The van der Waals surface area contributed by atoms with E-state index in [0.29, 0.717) is 6.54 Å². The van der Waals surface area contributed by atoms with Crippen LogP contribution in [0, 0.1) is 0 Å². The number of nitrogens with zero attached hydrogens (tertiary/aromatic N) is 2. The van der Waals surface area contributed by atoms with Gasteiger partial charge in [-0.2, -0.15) is 13.2 Å². The second kappa shape index (κ2) is 8.17. The number of alkyl halides is 3. The number of aromatic nitrogens is 2. The number of carbonyl (C=O) groups is 1. The van der Waals surface area contributed by atoms with Crippen LogP contribution in [-0.2, 0) is 19.8 Å². The minimum absolute atomic E-state index is 0.0256. The predicted octanol–water partition coefficient (Wildman–Crippen LogP) is 3.66. The number of aryl methyl sites for hydroxylation is 1. The zero-order valence-corrected chi connectivity index (χ0v) is 15.3. The molecule has 6 nitrogen and oxygen atoms in total. The second-order valence-electron chi connectivity index (χ2n) is 6.27. The number of amides is 1. The molecule has 0 fully saturated rings. The lowest BCUT2D eigenvalue weighted by atomic mass is 10.1. The first-order chi connectivity index (χ1) is 13.7. The highest BCUT2D eigenvalue weighted by molar-refractivity contribution is 6.07. The van der Waals surface area contributed by atoms with Gasteiger partial charge in [0.05, 0.1) is 11.1 Å². The normalized spacial score (nSPS) is 11.2. The van der Waals surface area contributed by atoms with Crippen LogP contribution in [-0.4, -0.2) is 15.5 Å². The molecule has 0 saturated carbocycles. The lowest BCUT2D eigenvalue weighted by Crippen LogP contribution is -2.18. The lowest BCUT2D eigenvalue weighted by molar-refractivity contribution is -0.137. The molecule has 2 N–H and O–H groups in total. The summed E-state index contributed by atoms with van der Waals surface area (Å²) < 4.78 is 40.0. The SMILES string of the molecule is Cn1cc(CNc2ncccc2C(=O)Nc2cccc(C(F)(F)F)c2)ccc1=O. The Morgan fingerprint density at radius 3 is 2.66 bits per heavy atom. The summed E-state index contributed by atoms with van der Waals surface area (Å²) in [6.45, 7) is 0.301. The number of halogens is 3. The van der Waals surface area contributed by atoms with Gasteiger partial charge < -0.3 is 15.2 Å². The molecule has 0 aliphatic carbocycles. The third kappa shape index (κ3) is 5.01. The summed E-state index contributed by atoms with van der Waals surface area (Å²) in [6.07, 6.45) is -1.36. The standard InChI is InChI=1S/C20H17F3N4O2/c1-27-12-13(7-8-17(27)28)11-25-18-16(6-3-9-24-18)19(29)26-15-5-2-4-14(10-15)20(21,22)23/h2-10,12H,11H2,1H3,(H,24,25)(H,26,29). The average molecular weight is 402 g/mol. The van der Waals surface area contributed by atoms with Gasteiger partial charge in [0.1, 0.15) is 5.82 Å². The van der Waals surface area contributed by atoms with Gasteiger partial charge in [0.2, 0.25) is 5.56 Å². The van der Waals surface area contributed by atoms with Gasteiger partial charge >= 0.3 is 6.18 Å². The van der Waals surface area contributed by atoms with Crippen molar-refractivity contribution in [1.29, 1.82) is 0 Å². The van der Waals surface area contributed by atoms with Crippen molar-refractivity contribution >= 4 is 17.4 Å². The van der Waals surface area contributed by atoms with Crippen LogP contribution in [0.15, 0.2) is 65.7 Å². The number of nitrogens with one attached hydrogen (secondary N) is 2. The van der Waals surface area contributed by atoms with Crippen molar-refractivity contribution in [3.8, 4) is 0 Å². The van der Waals surface area contributed by atoms with E-state index in [1.165, 1.54) is 35.0 Å². The first-order valence-corrected chi connectivity index (χ1v) is 8.57. The Morgan fingerprint density at radius 2 is 1.93 bits per heavy atom. The number of benzene rings is 1. The Morgan fingerprint density at radius 1 is 1.14 bits per heavy atom. The van der Waals surface area contributed by atoms with Gasteiger partial charge in [0.25, 0.3) is 5.91 Å². The second-order valence-corrected chi connectivity index (χ2v) is 6.27. The van der Waals surface area contributed by atoms with Gasteiger partial charge in [-0.15, -0.1) is 0 Å². The van der Waals surface area contributed by atoms with E-state index in [0.717, 1.165) is 17.7 Å². The highest BCUT2D eigenvalue weighted by Gasteiger charge is 2.30. The maximum atomic E-state index is 12.9. The fourth-order valence-corrected chi connectivity index (χ4v) is 2.64. The van der Waals surface area contributed by atoms with Crippen molar-refractivity contribution in [3.63, 3.8) is 0 Å². The molecule has 9 heteroatoms. The minimum Gasteiger partial charge on any atom is -0.365 e. The molecule has 0 aliphatic rings. The topological polar surface area (TPSA) is 76.0 Å². The molecule has 0 spiro atoms. The third-order valence-electron chi connectivity index (χ3n) is 4.11. The Hall–Kier alpha value is -3.62. The molecule has 0 aliphatic heterocycles. The zero-order valence-electron chi connectivity index (χ0n) is 15.3. The molecule has 0 saturated heterocycles. The van der Waals surface area contributed by atoms with E-state index in [-0.39, 0.29) is 22.6 Å². The molecule has 2 heterocycles. The van der Waals surface area contributed by atoms with Crippen LogP contribution in [0.5, 0.6) is 0 Å². The Balaban J connectivity index is 1.76. The van der Waals surface area contributed by atoms with Crippen LogP contribution >= 0.6 is 0 Å². The lowest BCUT2D eigenvalue weighted by Gasteiger charge is -2.13. The van der Waals surface area contributed by atoms with Gasteiger partial charge in [0, 0.05) is 37.7 Å². The smallest absolute Gasteiger partial charge is 0.365 e. The van der Waals surface area contributed by atoms with Crippen molar-refractivity contribution in [1.82, 2.24) is 9.55 Å². The Kier molecular flexibility index (Phi) is 5.67. The quantitative estimate of drug-likeness (QED) is 0.683. The zero-order chi connectivity index (χ0) is 21.0. The van der Waals surface area contributed by atoms with Gasteiger partial charge in [-0.05, 0) is 35.9 Å². The van der Waals surface area contributed by atoms with Crippen molar-refractivity contribution < 1.29 is 18.0 Å². The summed E-state index contributed by atoms with van der Waals surface area (Å²) in [7, 11) is 1.63. The molecule has 3 rings (SSSR count). The summed E-state index contributed by atoms with van der Waals surface area (Å²) in [5.74, 6) is -0.328. The maximum Gasteiger partial charge on any atom is 0.416 e. The molecule has 29 heavy (non-hydrogen) atoms. The summed E-state index contributed by atoms with van der Waals surface area (Å²) in [5.41, 5.74) is -0.00308. The van der Waals surface area contributed by atoms with Gasteiger partial charge in [-0.1, -0.05) is 12.1 Å². The van der Waals surface area contributed by atoms with Gasteiger partial charge in [-0.3, -0.25) is 9.59 Å². The van der Waals surface area contributed by atoms with Crippen molar-refractivity contribution in [2.45, 2.75) is 12.7 Å². The first-order valence-electron chi connectivity index (χ1n) is 8.57. The fourth-order valence-electron chi connectivity index (χ4n) is 2.64. The molecule has 0 radical (unpaired) electrons. The molecule has 0 unspecified atom stereocenters. The van der Waals surface area contributed by atoms with E-state index >= 15 is 0 Å². The van der Waals surface area contributed by atoms with E-state index < -0.39 is 17.6 Å². The van der Waals surface area contributed by atoms with Crippen LogP contribution < -0.4 is 16.2 Å². The van der Waals surface area contributed by atoms with Crippen LogP contribution in [0.3, 0.4) is 0 Å². The average Bonchev–Trinajstić information content (AvgIpc) is 2.68. The molecule has 3 aromatic rings. The fraction of sp³-hybridized carbons (Fsp3) is 0.150. The van der Waals surface area contributed by atoms with Crippen LogP contribution in [0.25, 0.3) is 0 Å². The minimum atomic E-state index is -4.50. The van der Waals surface area contributed by atoms with Crippen molar-refractivity contribution in [3.05, 3.63) is 88.0 Å². The van der Waals surface area contributed by atoms with Crippen LogP contribution in [0.1, 0.15) is 21.5 Å². The molecule has 1 aromatic carbocycles. The van der Waals surface area contributed by atoms with Crippen molar-refractivity contribution in [2.24, 2.45) is 7.05 Å². The summed E-state index contributed by atoms with van der Waals surface area (Å²) in [6, 6.07) is 10.5. The Bertz CT molecular complexity index is 1090. The summed E-state index contributed by atoms with van der Waals surface area (Å²) in [5, 5.41) is 5.47. The first kappa shape index (κ1) is 20.1. The third-order valence-corrected chi connectivity index (χ3v) is 4.11. The van der Waals surface area contributed by atoms with E-state index in [2.05, 4.69) is 15.6 Å². The number of hydrogen-bond donors (Lipinski definition) is 2. The molecule has 0 atom stereocenters. The maximum absolute atomic E-state index is 12.9. The largest absolute Gasteiger partial charge is 0.416 e.